The van der Waals surface area contributed by atoms with Crippen molar-refractivity contribution in [1.29, 1.82) is 0 Å². The SMILES string of the molecule is CCCCN(CC)CCC(O)c1ccc(C(=O)OCC)s1. The van der Waals surface area contributed by atoms with E-state index in [2.05, 4.69) is 18.7 Å². The van der Waals surface area contributed by atoms with E-state index in [0.29, 0.717) is 17.9 Å². The average Bonchev–Trinajstić information content (AvgIpc) is 2.97. The molecule has 4 nitrogen and oxygen atoms in total. The standard InChI is InChI=1S/C16H27NO3S/c1-4-7-11-17(5-2)12-10-13(18)14-8-9-15(21-14)16(19)20-6-3/h8-9,13,18H,4-7,10-12H2,1-3H3. The highest BCUT2D eigenvalue weighted by atomic mass is 32.1. The molecule has 0 bridgehead atoms. The zero-order valence-electron chi connectivity index (χ0n) is 13.3. The number of carbonyl (C=O) groups is 1. The number of rotatable bonds is 10. The van der Waals surface area contributed by atoms with Crippen LogP contribution in [-0.4, -0.2) is 42.2 Å². The summed E-state index contributed by atoms with van der Waals surface area (Å²) in [4.78, 5) is 15.4. The van der Waals surface area contributed by atoms with Crippen molar-refractivity contribution in [3.8, 4) is 0 Å². The monoisotopic (exact) mass is 313 g/mol. The van der Waals surface area contributed by atoms with Gasteiger partial charge in [-0.1, -0.05) is 20.3 Å². The molecule has 0 saturated heterocycles. The molecule has 120 valence electrons. The number of thiophene rings is 1. The molecule has 21 heavy (non-hydrogen) atoms. The Morgan fingerprint density at radius 1 is 1.33 bits per heavy atom. The first-order valence-electron chi connectivity index (χ1n) is 7.79. The summed E-state index contributed by atoms with van der Waals surface area (Å²) in [5.74, 6) is -0.306. The summed E-state index contributed by atoms with van der Waals surface area (Å²) in [6, 6.07) is 3.56. The summed E-state index contributed by atoms with van der Waals surface area (Å²) in [6.07, 6.45) is 2.57. The van der Waals surface area contributed by atoms with E-state index in [-0.39, 0.29) is 5.97 Å². The second kappa shape index (κ2) is 9.92. The van der Waals surface area contributed by atoms with Crippen LogP contribution in [0.1, 0.15) is 60.7 Å². The third-order valence-electron chi connectivity index (χ3n) is 3.43. The number of hydrogen-bond donors (Lipinski definition) is 1. The molecule has 1 aromatic heterocycles. The van der Waals surface area contributed by atoms with Crippen molar-refractivity contribution in [2.75, 3.05) is 26.2 Å². The van der Waals surface area contributed by atoms with Crippen molar-refractivity contribution in [2.45, 2.75) is 46.1 Å². The molecule has 0 aliphatic carbocycles. The van der Waals surface area contributed by atoms with Crippen LogP contribution in [0, 0.1) is 0 Å². The summed E-state index contributed by atoms with van der Waals surface area (Å²) in [7, 11) is 0. The Balaban J connectivity index is 2.47. The normalized spacial score (nSPS) is 12.6. The summed E-state index contributed by atoms with van der Waals surface area (Å²) in [5.41, 5.74) is 0. The summed E-state index contributed by atoms with van der Waals surface area (Å²) < 4.78 is 4.96. The minimum atomic E-state index is -0.506. The quantitative estimate of drug-likeness (QED) is 0.672. The number of hydrogen-bond acceptors (Lipinski definition) is 5. The molecular weight excluding hydrogens is 286 g/mol. The Kier molecular flexibility index (Phi) is 8.57. The zero-order chi connectivity index (χ0) is 15.7. The maximum absolute atomic E-state index is 11.6. The molecule has 0 fully saturated rings. The van der Waals surface area contributed by atoms with Gasteiger partial charge in [0.2, 0.25) is 0 Å². The van der Waals surface area contributed by atoms with Gasteiger partial charge in [0, 0.05) is 11.4 Å². The van der Waals surface area contributed by atoms with Crippen LogP contribution in [0.3, 0.4) is 0 Å². The van der Waals surface area contributed by atoms with E-state index in [4.69, 9.17) is 4.74 Å². The third kappa shape index (κ3) is 6.16. The van der Waals surface area contributed by atoms with E-state index in [1.807, 2.05) is 6.07 Å². The highest BCUT2D eigenvalue weighted by Crippen LogP contribution is 2.26. The number of carbonyl (C=O) groups excluding carboxylic acids is 1. The Hall–Kier alpha value is -0.910. The lowest BCUT2D eigenvalue weighted by Crippen LogP contribution is -2.26. The number of nitrogens with zero attached hydrogens (tertiary/aromatic N) is 1. The van der Waals surface area contributed by atoms with Gasteiger partial charge >= 0.3 is 5.97 Å². The number of aliphatic hydroxyl groups excluding tert-OH is 1. The number of unbranched alkanes of at least 4 members (excludes halogenated alkanes) is 1. The second-order valence-electron chi connectivity index (χ2n) is 5.01. The topological polar surface area (TPSA) is 49.8 Å². The van der Waals surface area contributed by atoms with Gasteiger partial charge < -0.3 is 14.7 Å². The van der Waals surface area contributed by atoms with Gasteiger partial charge in [-0.15, -0.1) is 11.3 Å². The van der Waals surface area contributed by atoms with Crippen LogP contribution in [0.15, 0.2) is 12.1 Å². The molecule has 0 radical (unpaired) electrons. The van der Waals surface area contributed by atoms with Gasteiger partial charge in [0.05, 0.1) is 12.7 Å². The summed E-state index contributed by atoms with van der Waals surface area (Å²) >= 11 is 1.32. The van der Waals surface area contributed by atoms with Crippen LogP contribution >= 0.6 is 11.3 Å². The van der Waals surface area contributed by atoms with E-state index in [1.165, 1.54) is 24.2 Å². The van der Waals surface area contributed by atoms with Gasteiger partial charge in [-0.05, 0) is 45.0 Å². The van der Waals surface area contributed by atoms with Gasteiger partial charge in [-0.2, -0.15) is 0 Å². The molecule has 1 rings (SSSR count). The Morgan fingerprint density at radius 2 is 2.10 bits per heavy atom. The van der Waals surface area contributed by atoms with Crippen molar-refractivity contribution < 1.29 is 14.6 Å². The third-order valence-corrected chi connectivity index (χ3v) is 4.59. The largest absolute Gasteiger partial charge is 0.462 e. The highest BCUT2D eigenvalue weighted by Gasteiger charge is 2.16. The zero-order valence-corrected chi connectivity index (χ0v) is 14.1. The van der Waals surface area contributed by atoms with Gasteiger partial charge in [0.15, 0.2) is 0 Å². The predicted octanol–water partition coefficient (Wildman–Crippen LogP) is 3.47. The summed E-state index contributed by atoms with van der Waals surface area (Å²) in [5, 5.41) is 10.2. The maximum atomic E-state index is 11.6. The molecule has 0 spiro atoms. The fourth-order valence-electron chi connectivity index (χ4n) is 2.10. The van der Waals surface area contributed by atoms with Crippen LogP contribution in [0.5, 0.6) is 0 Å². The molecule has 1 aromatic rings. The lowest BCUT2D eigenvalue weighted by Gasteiger charge is -2.21. The van der Waals surface area contributed by atoms with Crippen molar-refractivity contribution in [3.05, 3.63) is 21.9 Å². The molecule has 5 heteroatoms. The minimum absolute atomic E-state index is 0.306. The Labute approximate surface area is 131 Å². The Morgan fingerprint density at radius 3 is 2.71 bits per heavy atom. The molecule has 0 aliphatic rings. The number of esters is 1. The van der Waals surface area contributed by atoms with Gasteiger partial charge in [0.25, 0.3) is 0 Å². The fourth-order valence-corrected chi connectivity index (χ4v) is 3.02. The van der Waals surface area contributed by atoms with E-state index >= 15 is 0 Å². The maximum Gasteiger partial charge on any atom is 0.348 e. The van der Waals surface area contributed by atoms with Crippen molar-refractivity contribution >= 4 is 17.3 Å². The average molecular weight is 313 g/mol. The number of aliphatic hydroxyl groups is 1. The van der Waals surface area contributed by atoms with Crippen LogP contribution < -0.4 is 0 Å². The van der Waals surface area contributed by atoms with Crippen molar-refractivity contribution in [1.82, 2.24) is 4.90 Å². The van der Waals surface area contributed by atoms with E-state index < -0.39 is 6.10 Å². The van der Waals surface area contributed by atoms with Gasteiger partial charge in [-0.25, -0.2) is 4.79 Å². The highest BCUT2D eigenvalue weighted by molar-refractivity contribution is 7.14. The summed E-state index contributed by atoms with van der Waals surface area (Å²) in [6.45, 7) is 9.46. The first kappa shape index (κ1) is 18.1. The predicted molar refractivity (Wildman–Crippen MR) is 86.9 cm³/mol. The fraction of sp³-hybridized carbons (Fsp3) is 0.688. The molecule has 0 aliphatic heterocycles. The molecule has 0 aromatic carbocycles. The Bertz CT molecular complexity index is 419. The van der Waals surface area contributed by atoms with E-state index in [0.717, 1.165) is 24.5 Å². The van der Waals surface area contributed by atoms with Gasteiger partial charge in [0.1, 0.15) is 4.88 Å². The number of ether oxygens (including phenoxy) is 1. The van der Waals surface area contributed by atoms with E-state index in [1.54, 1.807) is 13.0 Å². The lowest BCUT2D eigenvalue weighted by atomic mass is 10.2. The van der Waals surface area contributed by atoms with Crippen molar-refractivity contribution in [3.63, 3.8) is 0 Å². The van der Waals surface area contributed by atoms with Crippen LogP contribution in [0.2, 0.25) is 0 Å². The second-order valence-corrected chi connectivity index (χ2v) is 6.13. The first-order chi connectivity index (χ1) is 10.1. The van der Waals surface area contributed by atoms with E-state index in [9.17, 15) is 9.90 Å². The molecule has 1 atom stereocenters. The van der Waals surface area contributed by atoms with Crippen LogP contribution in [-0.2, 0) is 4.74 Å². The van der Waals surface area contributed by atoms with Crippen LogP contribution in [0.25, 0.3) is 0 Å². The van der Waals surface area contributed by atoms with Gasteiger partial charge in [-0.3, -0.25) is 0 Å². The lowest BCUT2D eigenvalue weighted by molar-refractivity contribution is 0.0532. The molecule has 1 heterocycles. The first-order valence-corrected chi connectivity index (χ1v) is 8.61. The molecule has 0 saturated carbocycles. The molecular formula is C16H27NO3S. The molecule has 0 amide bonds. The molecule has 1 unspecified atom stereocenters. The molecule has 1 N–H and O–H groups in total. The van der Waals surface area contributed by atoms with Crippen molar-refractivity contribution in [2.24, 2.45) is 0 Å². The minimum Gasteiger partial charge on any atom is -0.462 e. The van der Waals surface area contributed by atoms with Crippen LogP contribution in [0.4, 0.5) is 0 Å². The smallest absolute Gasteiger partial charge is 0.348 e.